The monoisotopic (exact) mass is 307 g/mol. The topological polar surface area (TPSA) is 12.5 Å². The van der Waals surface area contributed by atoms with Crippen molar-refractivity contribution in [1.29, 1.82) is 0 Å². The van der Waals surface area contributed by atoms with Crippen LogP contribution in [-0.2, 0) is 0 Å². The van der Waals surface area contributed by atoms with E-state index in [4.69, 9.17) is 4.74 Å². The van der Waals surface area contributed by atoms with Gasteiger partial charge < -0.3 is 9.64 Å². The van der Waals surface area contributed by atoms with E-state index < -0.39 is 0 Å². The number of rotatable bonds is 4. The third kappa shape index (κ3) is 3.44. The Hall–Kier alpha value is -0.990. The molecule has 21 heavy (non-hydrogen) atoms. The number of fused-ring (bicyclic) bond motifs is 2. The molecule has 1 fully saturated rings. The molecule has 0 aliphatic heterocycles. The van der Waals surface area contributed by atoms with Crippen molar-refractivity contribution in [3.63, 3.8) is 0 Å². The lowest BCUT2D eigenvalue weighted by molar-refractivity contribution is 0.289. The van der Waals surface area contributed by atoms with Crippen LogP contribution in [0.1, 0.15) is 24.8 Å². The normalized spacial score (nSPS) is 27.2. The van der Waals surface area contributed by atoms with Crippen molar-refractivity contribution >= 4 is 18.0 Å². The molecule has 2 bridgehead atoms. The number of hydrogen-bond donors (Lipinski definition) is 0. The van der Waals surface area contributed by atoms with Crippen molar-refractivity contribution in [2.75, 3.05) is 27.7 Å². The van der Waals surface area contributed by atoms with Crippen molar-refractivity contribution in [2.24, 2.45) is 17.8 Å². The first-order valence-corrected chi connectivity index (χ1v) is 7.68. The summed E-state index contributed by atoms with van der Waals surface area (Å²) in [4.78, 5) is 2.33. The Morgan fingerprint density at radius 3 is 2.76 bits per heavy atom. The SMILES string of the molecule is COc1cccc(C2=CC3CCC(C3)C2CN(C)C)c1.Cl. The molecule has 3 unspecified atom stereocenters. The van der Waals surface area contributed by atoms with Gasteiger partial charge in [0, 0.05) is 6.54 Å². The van der Waals surface area contributed by atoms with Crippen LogP contribution in [0.3, 0.4) is 0 Å². The van der Waals surface area contributed by atoms with E-state index in [-0.39, 0.29) is 12.4 Å². The quantitative estimate of drug-likeness (QED) is 0.830. The van der Waals surface area contributed by atoms with Gasteiger partial charge in [-0.3, -0.25) is 0 Å². The van der Waals surface area contributed by atoms with Crippen LogP contribution in [0, 0.1) is 17.8 Å². The highest BCUT2D eigenvalue weighted by molar-refractivity contribution is 5.85. The number of benzene rings is 1. The standard InChI is InChI=1S/C18H25NO.ClH/c1-19(2)12-18-15-8-7-13(9-15)10-17(18)14-5-4-6-16(11-14)20-3;/h4-6,10-11,13,15,18H,7-9,12H2,1-3H3;1H. The summed E-state index contributed by atoms with van der Waals surface area (Å²) in [6.07, 6.45) is 6.72. The van der Waals surface area contributed by atoms with Crippen molar-refractivity contribution in [2.45, 2.75) is 19.3 Å². The van der Waals surface area contributed by atoms with Gasteiger partial charge in [-0.15, -0.1) is 12.4 Å². The molecular formula is C18H26ClNO. The Kier molecular flexibility index (Phi) is 5.34. The third-order valence-corrected chi connectivity index (χ3v) is 4.86. The predicted molar refractivity (Wildman–Crippen MR) is 91.1 cm³/mol. The van der Waals surface area contributed by atoms with Crippen LogP contribution in [0.25, 0.3) is 5.57 Å². The van der Waals surface area contributed by atoms with Crippen molar-refractivity contribution in [3.05, 3.63) is 35.9 Å². The highest BCUT2D eigenvalue weighted by Gasteiger charge is 2.37. The fraction of sp³-hybridized carbons (Fsp3) is 0.556. The lowest BCUT2D eigenvalue weighted by Gasteiger charge is -2.32. The summed E-state index contributed by atoms with van der Waals surface area (Å²) in [7, 11) is 6.11. The van der Waals surface area contributed by atoms with E-state index in [1.165, 1.54) is 24.8 Å². The maximum Gasteiger partial charge on any atom is 0.119 e. The second-order valence-corrected chi connectivity index (χ2v) is 6.56. The average Bonchev–Trinajstić information content (AvgIpc) is 2.84. The predicted octanol–water partition coefficient (Wildman–Crippen LogP) is 4.11. The second kappa shape index (κ2) is 6.85. The Balaban J connectivity index is 0.00000161. The molecule has 3 heteroatoms. The molecule has 0 aromatic heterocycles. The average molecular weight is 308 g/mol. The largest absolute Gasteiger partial charge is 0.497 e. The molecule has 3 atom stereocenters. The Morgan fingerprint density at radius 2 is 2.05 bits per heavy atom. The van der Waals surface area contributed by atoms with E-state index >= 15 is 0 Å². The lowest BCUT2D eigenvalue weighted by atomic mass is 9.76. The molecule has 1 aromatic carbocycles. The minimum Gasteiger partial charge on any atom is -0.497 e. The molecule has 1 saturated carbocycles. The fourth-order valence-corrected chi connectivity index (χ4v) is 3.95. The summed E-state index contributed by atoms with van der Waals surface area (Å²) in [6.45, 7) is 1.15. The van der Waals surface area contributed by atoms with Gasteiger partial charge in [-0.25, -0.2) is 0 Å². The second-order valence-electron chi connectivity index (χ2n) is 6.56. The molecule has 1 aromatic rings. The number of hydrogen-bond acceptors (Lipinski definition) is 2. The van der Waals surface area contributed by atoms with Crippen LogP contribution < -0.4 is 4.74 Å². The van der Waals surface area contributed by atoms with E-state index in [2.05, 4.69) is 43.3 Å². The summed E-state index contributed by atoms with van der Waals surface area (Å²) in [5.74, 6) is 3.31. The van der Waals surface area contributed by atoms with E-state index in [0.29, 0.717) is 5.92 Å². The highest BCUT2D eigenvalue weighted by Crippen LogP contribution is 2.48. The summed E-state index contributed by atoms with van der Waals surface area (Å²) >= 11 is 0. The number of allylic oxidation sites excluding steroid dienone is 1. The van der Waals surface area contributed by atoms with E-state index in [1.54, 1.807) is 12.7 Å². The Bertz CT molecular complexity index is 512. The zero-order valence-corrected chi connectivity index (χ0v) is 14.0. The zero-order valence-electron chi connectivity index (χ0n) is 13.2. The fourth-order valence-electron chi connectivity index (χ4n) is 3.95. The van der Waals surface area contributed by atoms with Gasteiger partial charge in [0.05, 0.1) is 7.11 Å². The minimum atomic E-state index is 0. The van der Waals surface area contributed by atoms with Crippen LogP contribution in [0.15, 0.2) is 30.3 Å². The maximum absolute atomic E-state index is 5.39. The van der Waals surface area contributed by atoms with Crippen LogP contribution in [0.2, 0.25) is 0 Å². The van der Waals surface area contributed by atoms with Crippen LogP contribution in [-0.4, -0.2) is 32.6 Å². The number of methoxy groups -OCH3 is 1. The number of ether oxygens (including phenoxy) is 1. The molecule has 2 aliphatic carbocycles. The lowest BCUT2D eigenvalue weighted by Crippen LogP contribution is -2.29. The van der Waals surface area contributed by atoms with Crippen LogP contribution in [0.4, 0.5) is 0 Å². The molecule has 0 heterocycles. The minimum absolute atomic E-state index is 0. The summed E-state index contributed by atoms with van der Waals surface area (Å²) < 4.78 is 5.39. The smallest absolute Gasteiger partial charge is 0.119 e. The molecule has 0 N–H and O–H groups in total. The summed E-state index contributed by atoms with van der Waals surface area (Å²) in [6, 6.07) is 8.57. The van der Waals surface area contributed by atoms with Gasteiger partial charge in [-0.2, -0.15) is 0 Å². The van der Waals surface area contributed by atoms with Crippen LogP contribution >= 0.6 is 12.4 Å². The molecular weight excluding hydrogens is 282 g/mol. The molecule has 0 spiro atoms. The first kappa shape index (κ1) is 16.4. The summed E-state index contributed by atoms with van der Waals surface area (Å²) in [5.41, 5.74) is 2.91. The number of halogens is 1. The molecule has 3 rings (SSSR count). The van der Waals surface area contributed by atoms with Crippen LogP contribution in [0.5, 0.6) is 5.75 Å². The Morgan fingerprint density at radius 1 is 1.24 bits per heavy atom. The highest BCUT2D eigenvalue weighted by atomic mass is 35.5. The van der Waals surface area contributed by atoms with E-state index in [9.17, 15) is 0 Å². The van der Waals surface area contributed by atoms with Gasteiger partial charge in [0.25, 0.3) is 0 Å². The summed E-state index contributed by atoms with van der Waals surface area (Å²) in [5, 5.41) is 0. The van der Waals surface area contributed by atoms with Gasteiger partial charge in [0.1, 0.15) is 5.75 Å². The molecule has 0 saturated heterocycles. The molecule has 0 radical (unpaired) electrons. The zero-order chi connectivity index (χ0) is 14.1. The number of nitrogens with zero attached hydrogens (tertiary/aromatic N) is 1. The van der Waals surface area contributed by atoms with Gasteiger partial charge in [-0.1, -0.05) is 18.2 Å². The molecule has 2 nitrogen and oxygen atoms in total. The van der Waals surface area contributed by atoms with Crippen molar-refractivity contribution in [3.8, 4) is 5.75 Å². The first-order valence-electron chi connectivity index (χ1n) is 7.68. The van der Waals surface area contributed by atoms with Crippen molar-refractivity contribution < 1.29 is 4.74 Å². The van der Waals surface area contributed by atoms with Gasteiger partial charge >= 0.3 is 0 Å². The van der Waals surface area contributed by atoms with Gasteiger partial charge in [0.2, 0.25) is 0 Å². The third-order valence-electron chi connectivity index (χ3n) is 4.86. The van der Waals surface area contributed by atoms with Gasteiger partial charge in [-0.05, 0) is 74.4 Å². The van der Waals surface area contributed by atoms with E-state index in [1.807, 2.05) is 6.07 Å². The molecule has 0 amide bonds. The molecule has 116 valence electrons. The molecule has 2 aliphatic rings. The first-order chi connectivity index (χ1) is 9.67. The van der Waals surface area contributed by atoms with E-state index in [0.717, 1.165) is 24.1 Å². The Labute approximate surface area is 134 Å². The van der Waals surface area contributed by atoms with Crippen molar-refractivity contribution in [1.82, 2.24) is 4.90 Å². The maximum atomic E-state index is 5.39. The van der Waals surface area contributed by atoms with Gasteiger partial charge in [0.15, 0.2) is 0 Å².